The molecule has 3 rings (SSSR count). The predicted molar refractivity (Wildman–Crippen MR) is 87.0 cm³/mol. The third-order valence-corrected chi connectivity index (χ3v) is 3.50. The maximum Gasteiger partial charge on any atom is 0.121 e. The molecule has 112 valence electrons. The molecular weight excluding hydrogens is 276 g/mol. The third-order valence-electron chi connectivity index (χ3n) is 3.50. The minimum Gasteiger partial charge on any atom is -0.491 e. The quantitative estimate of drug-likeness (QED) is 0.802. The largest absolute Gasteiger partial charge is 0.491 e. The smallest absolute Gasteiger partial charge is 0.121 e. The zero-order valence-electron chi connectivity index (χ0n) is 12.7. The highest BCUT2D eigenvalue weighted by Gasteiger charge is 2.07. The summed E-state index contributed by atoms with van der Waals surface area (Å²) in [5, 5.41) is 9.95. The van der Waals surface area contributed by atoms with E-state index in [2.05, 4.69) is 18.0 Å². The number of aryl methyl sites for hydroxylation is 2. The zero-order valence-corrected chi connectivity index (χ0v) is 12.7. The Balaban J connectivity index is 2.09. The van der Waals surface area contributed by atoms with Crippen LogP contribution in [-0.2, 0) is 0 Å². The van der Waals surface area contributed by atoms with E-state index in [-0.39, 0.29) is 13.2 Å². The molecular formula is C18H18N2O2. The van der Waals surface area contributed by atoms with Crippen LogP contribution in [0.4, 0.5) is 0 Å². The standard InChI is InChI=1S/C18H18N2O2/c1-12-10-18(16-5-3-4-13(2)19-16)20-17-11-14(22-9-8-21)6-7-15(12)17/h3-7,10-11,21H,8-9H2,1-2H3. The van der Waals surface area contributed by atoms with Crippen LogP contribution in [0.3, 0.4) is 0 Å². The summed E-state index contributed by atoms with van der Waals surface area (Å²) in [5.41, 5.74) is 4.71. The number of aliphatic hydroxyl groups is 1. The number of hydrogen-bond acceptors (Lipinski definition) is 4. The summed E-state index contributed by atoms with van der Waals surface area (Å²) >= 11 is 0. The third kappa shape index (κ3) is 2.92. The number of fused-ring (bicyclic) bond motifs is 1. The van der Waals surface area contributed by atoms with Gasteiger partial charge < -0.3 is 9.84 Å². The molecule has 0 aliphatic rings. The van der Waals surface area contributed by atoms with Crippen LogP contribution < -0.4 is 4.74 Å². The van der Waals surface area contributed by atoms with Crippen molar-refractivity contribution < 1.29 is 9.84 Å². The molecule has 0 saturated carbocycles. The molecule has 0 saturated heterocycles. The van der Waals surface area contributed by atoms with Gasteiger partial charge in [0.2, 0.25) is 0 Å². The summed E-state index contributed by atoms with van der Waals surface area (Å²) in [5.74, 6) is 0.711. The lowest BCUT2D eigenvalue weighted by Crippen LogP contribution is -2.01. The van der Waals surface area contributed by atoms with Gasteiger partial charge >= 0.3 is 0 Å². The van der Waals surface area contributed by atoms with Gasteiger partial charge in [-0.1, -0.05) is 6.07 Å². The van der Waals surface area contributed by atoms with Gasteiger partial charge in [-0.15, -0.1) is 0 Å². The van der Waals surface area contributed by atoms with Crippen molar-refractivity contribution >= 4 is 10.9 Å². The number of ether oxygens (including phenoxy) is 1. The van der Waals surface area contributed by atoms with Gasteiger partial charge in [0.25, 0.3) is 0 Å². The summed E-state index contributed by atoms with van der Waals surface area (Å²) in [6.07, 6.45) is 0. The Morgan fingerprint density at radius 2 is 1.86 bits per heavy atom. The normalized spacial score (nSPS) is 10.9. The molecule has 0 unspecified atom stereocenters. The minimum atomic E-state index is -0.00224. The van der Waals surface area contributed by atoms with Crippen molar-refractivity contribution in [3.05, 3.63) is 53.7 Å². The van der Waals surface area contributed by atoms with Crippen molar-refractivity contribution in [3.63, 3.8) is 0 Å². The Labute approximate surface area is 129 Å². The lowest BCUT2D eigenvalue weighted by molar-refractivity contribution is 0.201. The molecule has 0 radical (unpaired) electrons. The fraction of sp³-hybridized carbons (Fsp3) is 0.222. The second kappa shape index (κ2) is 6.12. The molecule has 2 heterocycles. The van der Waals surface area contributed by atoms with Crippen LogP contribution in [0.25, 0.3) is 22.3 Å². The van der Waals surface area contributed by atoms with E-state index in [1.165, 1.54) is 0 Å². The van der Waals surface area contributed by atoms with Crippen molar-refractivity contribution in [1.82, 2.24) is 9.97 Å². The molecule has 2 aromatic heterocycles. The van der Waals surface area contributed by atoms with Gasteiger partial charge in [0.1, 0.15) is 12.4 Å². The Bertz CT molecular complexity index is 815. The molecule has 0 fully saturated rings. The molecule has 0 spiro atoms. The van der Waals surface area contributed by atoms with Crippen LogP contribution in [0, 0.1) is 13.8 Å². The summed E-state index contributed by atoms with van der Waals surface area (Å²) < 4.78 is 5.46. The van der Waals surface area contributed by atoms with E-state index in [0.29, 0.717) is 5.75 Å². The average Bonchev–Trinajstić information content (AvgIpc) is 2.52. The molecule has 0 bridgehead atoms. The number of nitrogens with zero attached hydrogens (tertiary/aromatic N) is 2. The lowest BCUT2D eigenvalue weighted by atomic mass is 10.1. The predicted octanol–water partition coefficient (Wildman–Crippen LogP) is 3.28. The summed E-state index contributed by atoms with van der Waals surface area (Å²) in [4.78, 5) is 9.25. The van der Waals surface area contributed by atoms with Gasteiger partial charge in [0.05, 0.1) is 23.5 Å². The Morgan fingerprint density at radius 1 is 1.00 bits per heavy atom. The van der Waals surface area contributed by atoms with Gasteiger partial charge in [-0.3, -0.25) is 4.98 Å². The lowest BCUT2D eigenvalue weighted by Gasteiger charge is -2.09. The first-order valence-corrected chi connectivity index (χ1v) is 7.26. The number of aromatic nitrogens is 2. The van der Waals surface area contributed by atoms with Crippen molar-refractivity contribution in [2.45, 2.75) is 13.8 Å². The maximum absolute atomic E-state index is 8.85. The van der Waals surface area contributed by atoms with E-state index in [4.69, 9.17) is 14.8 Å². The summed E-state index contributed by atoms with van der Waals surface area (Å²) in [6.45, 7) is 4.32. The highest BCUT2D eigenvalue weighted by Crippen LogP contribution is 2.26. The first kappa shape index (κ1) is 14.5. The highest BCUT2D eigenvalue weighted by molar-refractivity contribution is 5.85. The second-order valence-electron chi connectivity index (χ2n) is 5.24. The van der Waals surface area contributed by atoms with Gasteiger partial charge in [0, 0.05) is 17.1 Å². The number of aliphatic hydroxyl groups excluding tert-OH is 1. The molecule has 1 aromatic carbocycles. The van der Waals surface area contributed by atoms with E-state index in [9.17, 15) is 0 Å². The second-order valence-corrected chi connectivity index (χ2v) is 5.24. The molecule has 22 heavy (non-hydrogen) atoms. The zero-order chi connectivity index (χ0) is 15.5. The first-order valence-electron chi connectivity index (χ1n) is 7.26. The van der Waals surface area contributed by atoms with Crippen LogP contribution in [0.2, 0.25) is 0 Å². The maximum atomic E-state index is 8.85. The minimum absolute atomic E-state index is 0.00224. The van der Waals surface area contributed by atoms with E-state index in [0.717, 1.165) is 33.5 Å². The Morgan fingerprint density at radius 3 is 2.64 bits per heavy atom. The Kier molecular flexibility index (Phi) is 4.02. The molecule has 0 atom stereocenters. The number of benzene rings is 1. The van der Waals surface area contributed by atoms with Crippen LogP contribution in [0.5, 0.6) is 5.75 Å². The topological polar surface area (TPSA) is 55.2 Å². The van der Waals surface area contributed by atoms with E-state index in [1.54, 1.807) is 0 Å². The van der Waals surface area contributed by atoms with Crippen LogP contribution in [0.15, 0.2) is 42.5 Å². The van der Waals surface area contributed by atoms with Crippen molar-refractivity contribution in [1.29, 1.82) is 0 Å². The SMILES string of the molecule is Cc1cccc(-c2cc(C)c3ccc(OCCO)cc3n2)n1. The highest BCUT2D eigenvalue weighted by atomic mass is 16.5. The van der Waals surface area contributed by atoms with Crippen molar-refractivity contribution in [3.8, 4) is 17.1 Å². The molecule has 4 heteroatoms. The average molecular weight is 294 g/mol. The van der Waals surface area contributed by atoms with Crippen LogP contribution in [0.1, 0.15) is 11.3 Å². The van der Waals surface area contributed by atoms with Gasteiger partial charge in [-0.05, 0) is 49.7 Å². The van der Waals surface area contributed by atoms with Gasteiger partial charge in [0.15, 0.2) is 0 Å². The summed E-state index contributed by atoms with van der Waals surface area (Å²) in [6, 6.07) is 13.8. The van der Waals surface area contributed by atoms with E-state index in [1.807, 2.05) is 43.3 Å². The molecule has 1 N–H and O–H groups in total. The number of hydrogen-bond donors (Lipinski definition) is 1. The monoisotopic (exact) mass is 294 g/mol. The molecule has 3 aromatic rings. The fourth-order valence-corrected chi connectivity index (χ4v) is 2.45. The van der Waals surface area contributed by atoms with Crippen LogP contribution in [-0.4, -0.2) is 28.3 Å². The van der Waals surface area contributed by atoms with Gasteiger partial charge in [-0.25, -0.2) is 4.98 Å². The number of pyridine rings is 2. The van der Waals surface area contributed by atoms with Crippen LogP contribution >= 0.6 is 0 Å². The van der Waals surface area contributed by atoms with Gasteiger partial charge in [-0.2, -0.15) is 0 Å². The van der Waals surface area contributed by atoms with E-state index >= 15 is 0 Å². The van der Waals surface area contributed by atoms with Crippen molar-refractivity contribution in [2.24, 2.45) is 0 Å². The van der Waals surface area contributed by atoms with Crippen molar-refractivity contribution in [2.75, 3.05) is 13.2 Å². The molecule has 0 aliphatic carbocycles. The first-order chi connectivity index (χ1) is 10.7. The number of rotatable bonds is 4. The molecule has 0 amide bonds. The molecule has 4 nitrogen and oxygen atoms in total. The Hall–Kier alpha value is -2.46. The van der Waals surface area contributed by atoms with E-state index < -0.39 is 0 Å². The summed E-state index contributed by atoms with van der Waals surface area (Å²) in [7, 11) is 0. The molecule has 0 aliphatic heterocycles. The fourth-order valence-electron chi connectivity index (χ4n) is 2.45.